The molecule has 0 radical (unpaired) electrons. The molecule has 3 aliphatic rings. The number of hydrogen-bond acceptors (Lipinski definition) is 15. The molecule has 0 saturated carbocycles. The first kappa shape index (κ1) is 74.2. The van der Waals surface area contributed by atoms with Crippen molar-refractivity contribution in [3.05, 3.63) is 359 Å². The molecule has 0 unspecified atom stereocenters. The predicted molar refractivity (Wildman–Crippen MR) is 397 cm³/mol. The van der Waals surface area contributed by atoms with Crippen molar-refractivity contribution >= 4 is 6.09 Å². The van der Waals surface area contributed by atoms with Crippen LogP contribution in [0.25, 0.3) is 0 Å². The van der Waals surface area contributed by atoms with Gasteiger partial charge in [0.2, 0.25) is 0 Å². The normalized spacial score (nSPS) is 23.8. The topological polar surface area (TPSA) is 150 Å². The van der Waals surface area contributed by atoms with Crippen LogP contribution in [0, 0.1) is 0 Å². The Balaban J connectivity index is 0.929. The minimum absolute atomic E-state index is 0.0110. The summed E-state index contributed by atoms with van der Waals surface area (Å²) in [6.07, 6.45) is -12.3. The van der Waals surface area contributed by atoms with Crippen LogP contribution in [-0.2, 0) is 132 Å². The summed E-state index contributed by atoms with van der Waals surface area (Å²) in [6.45, 7) is 3.63. The van der Waals surface area contributed by atoms with Gasteiger partial charge in [-0.3, -0.25) is 4.90 Å². The minimum atomic E-state index is -1.32. The Morgan fingerprint density at radius 3 is 0.886 bits per heavy atom. The summed E-state index contributed by atoms with van der Waals surface area (Å²) < 4.78 is 101. The van der Waals surface area contributed by atoms with Crippen molar-refractivity contribution in [1.82, 2.24) is 4.90 Å². The van der Waals surface area contributed by atoms with Gasteiger partial charge < -0.3 is 66.3 Å². The number of nitrogens with zero attached hydrogens (tertiary/aromatic N) is 1. The molecule has 16 heteroatoms. The lowest BCUT2D eigenvalue weighted by Crippen LogP contribution is -2.66. The third kappa shape index (κ3) is 21.4. The van der Waals surface area contributed by atoms with Crippen molar-refractivity contribution in [3.63, 3.8) is 0 Å². The third-order valence-electron chi connectivity index (χ3n) is 19.0. The number of likely N-dealkylation sites (tertiary alicyclic amines) is 1. The summed E-state index contributed by atoms with van der Waals surface area (Å²) in [6, 6.07) is 97.7. The summed E-state index contributed by atoms with van der Waals surface area (Å²) >= 11 is 0. The highest BCUT2D eigenvalue weighted by Gasteiger charge is 2.59. The van der Waals surface area contributed by atoms with Crippen LogP contribution in [0.1, 0.15) is 62.6 Å². The third-order valence-corrected chi connectivity index (χ3v) is 19.0. The highest BCUT2D eigenvalue weighted by molar-refractivity contribution is 5.69. The quantitative estimate of drug-likeness (QED) is 0.0366. The number of benzene rings is 10. The lowest BCUT2D eigenvalue weighted by molar-refractivity contribution is -0.379. The van der Waals surface area contributed by atoms with Gasteiger partial charge in [0.25, 0.3) is 0 Å². The van der Waals surface area contributed by atoms with Gasteiger partial charge in [-0.25, -0.2) is 4.79 Å². The van der Waals surface area contributed by atoms with Gasteiger partial charge in [-0.2, -0.15) is 0 Å². The molecule has 16 nitrogen and oxygen atoms in total. The van der Waals surface area contributed by atoms with E-state index in [0.29, 0.717) is 0 Å². The van der Waals surface area contributed by atoms with E-state index in [1.807, 2.05) is 310 Å². The lowest BCUT2D eigenvalue weighted by Gasteiger charge is -2.50. The largest absolute Gasteiger partial charge is 0.445 e. The summed E-state index contributed by atoms with van der Waals surface area (Å²) in [5.41, 5.74) is 9.19. The molecule has 1 amide bonds. The molecule has 0 bridgehead atoms. The van der Waals surface area contributed by atoms with Crippen molar-refractivity contribution in [2.45, 2.75) is 159 Å². The zero-order valence-corrected chi connectivity index (χ0v) is 59.2. The van der Waals surface area contributed by atoms with Crippen LogP contribution < -0.4 is 0 Å². The molecular formula is C89H93NO15. The monoisotopic (exact) mass is 1420 g/mol. The van der Waals surface area contributed by atoms with E-state index in [1.54, 1.807) is 4.90 Å². The molecule has 3 aliphatic heterocycles. The first-order chi connectivity index (χ1) is 51.9. The summed E-state index contributed by atoms with van der Waals surface area (Å²) in [7, 11) is 0. The Labute approximate surface area is 616 Å². The van der Waals surface area contributed by atoms with Gasteiger partial charge in [0.15, 0.2) is 12.6 Å². The van der Waals surface area contributed by atoms with Gasteiger partial charge >= 0.3 is 6.09 Å². The van der Waals surface area contributed by atoms with Gasteiger partial charge in [-0.15, -0.1) is 0 Å². The van der Waals surface area contributed by atoms with Crippen LogP contribution in [0.4, 0.5) is 4.79 Å². The molecule has 0 aromatic heterocycles. The van der Waals surface area contributed by atoms with Crippen molar-refractivity contribution in [3.8, 4) is 0 Å². The van der Waals surface area contributed by atoms with E-state index in [0.717, 1.165) is 55.6 Å². The Hall–Kier alpha value is -9.05. The van der Waals surface area contributed by atoms with Crippen molar-refractivity contribution in [2.75, 3.05) is 19.8 Å². The molecule has 3 heterocycles. The zero-order chi connectivity index (χ0) is 71.5. The Morgan fingerprint density at radius 2 is 0.533 bits per heavy atom. The first-order valence-electron chi connectivity index (χ1n) is 36.3. The molecule has 10 aromatic carbocycles. The first-order valence-corrected chi connectivity index (χ1v) is 36.3. The number of ether oxygens (including phenoxy) is 14. The van der Waals surface area contributed by atoms with E-state index in [1.165, 1.54) is 0 Å². The van der Waals surface area contributed by atoms with Crippen LogP contribution in [0.5, 0.6) is 0 Å². The average Bonchev–Trinajstić information content (AvgIpc) is 1.70. The number of hydrogen-bond donors (Lipinski definition) is 0. The number of carbonyl (C=O) groups excluding carboxylic acids is 1. The molecule has 544 valence electrons. The molecule has 3 fully saturated rings. The second-order valence-corrected chi connectivity index (χ2v) is 26.6. The van der Waals surface area contributed by atoms with E-state index in [2.05, 4.69) is 0 Å². The minimum Gasteiger partial charge on any atom is -0.445 e. The summed E-state index contributed by atoms with van der Waals surface area (Å²) in [4.78, 5) is 17.3. The fourth-order valence-corrected chi connectivity index (χ4v) is 13.6. The zero-order valence-electron chi connectivity index (χ0n) is 59.2. The van der Waals surface area contributed by atoms with Crippen molar-refractivity contribution < 1.29 is 71.1 Å². The second-order valence-electron chi connectivity index (χ2n) is 26.6. The molecule has 10 aromatic rings. The second kappa shape index (κ2) is 39.3. The van der Waals surface area contributed by atoms with Crippen LogP contribution in [-0.4, -0.2) is 117 Å². The molecule has 0 N–H and O–H groups in total. The lowest BCUT2D eigenvalue weighted by atomic mass is 9.95. The fourth-order valence-electron chi connectivity index (χ4n) is 13.6. The highest BCUT2D eigenvalue weighted by Crippen LogP contribution is 2.41. The number of amides is 1. The summed E-state index contributed by atoms with van der Waals surface area (Å²) in [5.74, 6) is 0. The van der Waals surface area contributed by atoms with Gasteiger partial charge in [-0.1, -0.05) is 303 Å². The standard InChI is InChI=1S/C89H93NO15/c1-65-79(95-55-69-38-18-5-19-39-69)83(97-57-71-42-22-7-23-43-71)85(99-59-73-46-26-9-27-47-73)87(102-65)105-82-78(64-94-54-68-36-16-4-17-37-68)103-88(86(100-60-74-48-28-10-29-49-74)84(82)98-58-72-44-24-8-25-45-72)104-81-77(63-93-53-67-34-14-3-15-35-67)90(89(91)101-61-75-50-30-11-31-51-75)76(62-92-52-66-32-12-2-13-33-66)80(81)96-56-70-40-20-6-21-41-70/h2-51,65,76-88H,52-64H2,1H3/t65-,76-,77-,78-,79-,80-,81-,82-,83+,84+,85-,86-,87+,88-/m1/s1. The summed E-state index contributed by atoms with van der Waals surface area (Å²) in [5, 5.41) is 0. The molecule has 13 rings (SSSR count). The smallest absolute Gasteiger partial charge is 0.410 e. The van der Waals surface area contributed by atoms with E-state index in [-0.39, 0.29) is 85.9 Å². The van der Waals surface area contributed by atoms with E-state index in [9.17, 15) is 0 Å². The van der Waals surface area contributed by atoms with Crippen LogP contribution in [0.3, 0.4) is 0 Å². The number of carbonyl (C=O) groups is 1. The van der Waals surface area contributed by atoms with E-state index < -0.39 is 91.8 Å². The van der Waals surface area contributed by atoms with Crippen molar-refractivity contribution in [1.29, 1.82) is 0 Å². The molecule has 0 aliphatic carbocycles. The predicted octanol–water partition coefficient (Wildman–Crippen LogP) is 15.8. The maximum atomic E-state index is 15.6. The van der Waals surface area contributed by atoms with E-state index >= 15 is 4.79 Å². The Kier molecular flexibility index (Phi) is 27.8. The number of rotatable bonds is 36. The average molecular weight is 1420 g/mol. The molecule has 0 spiro atoms. The Bertz CT molecular complexity index is 4060. The van der Waals surface area contributed by atoms with Crippen LogP contribution in [0.15, 0.2) is 303 Å². The van der Waals surface area contributed by atoms with Crippen molar-refractivity contribution in [2.24, 2.45) is 0 Å². The van der Waals surface area contributed by atoms with Gasteiger partial charge in [0.05, 0.1) is 97.5 Å². The van der Waals surface area contributed by atoms with Gasteiger partial charge in [-0.05, 0) is 62.6 Å². The van der Waals surface area contributed by atoms with Crippen LogP contribution in [0.2, 0.25) is 0 Å². The molecular weight excluding hydrogens is 1320 g/mol. The molecule has 105 heavy (non-hydrogen) atoms. The SMILES string of the molecule is C[C@H]1O[C@@H](O[C@H]2[C@H](OCc3ccccc3)[C@@H](OCc3ccccc3)[C@@H](O[C@H]3[C@H](OCc4ccccc4)[C@@H](COCc4ccccc4)N(C(=O)OCc4ccccc4)[C@@H]3COCc3ccccc3)O[C@@H]2COCc2ccccc2)[C@H](OCc2ccccc2)[C@@H](OCc2ccccc2)[C@@H]1OCc1ccccc1. The van der Waals surface area contributed by atoms with Crippen LogP contribution >= 0.6 is 0 Å². The van der Waals surface area contributed by atoms with E-state index in [4.69, 9.17) is 66.3 Å². The molecule has 14 atom stereocenters. The molecule has 3 saturated heterocycles. The maximum Gasteiger partial charge on any atom is 0.410 e. The maximum absolute atomic E-state index is 15.6. The Morgan fingerprint density at radius 1 is 0.276 bits per heavy atom. The highest BCUT2D eigenvalue weighted by atomic mass is 16.8. The van der Waals surface area contributed by atoms with Gasteiger partial charge in [0, 0.05) is 0 Å². The fraction of sp³-hybridized carbons (Fsp3) is 0.315. The van der Waals surface area contributed by atoms with Gasteiger partial charge in [0.1, 0.15) is 61.5 Å².